The number of para-hydroxylation sites is 1. The van der Waals surface area contributed by atoms with E-state index in [2.05, 4.69) is 10.4 Å². The number of benzene rings is 2. The maximum Gasteiger partial charge on any atom is 0.226 e. The van der Waals surface area contributed by atoms with Crippen LogP contribution in [-0.4, -0.2) is 29.9 Å². The molecule has 1 N–H and O–H groups in total. The number of amides is 1. The average molecular weight is 349 g/mol. The number of ether oxygens (including phenoxy) is 2. The summed E-state index contributed by atoms with van der Waals surface area (Å²) in [6, 6.07) is 15.4. The van der Waals surface area contributed by atoms with Crippen LogP contribution < -0.4 is 14.8 Å². The fourth-order valence-corrected chi connectivity index (χ4v) is 3.37. The van der Waals surface area contributed by atoms with Crippen LogP contribution in [0.15, 0.2) is 54.7 Å². The van der Waals surface area contributed by atoms with E-state index in [0.717, 1.165) is 28.3 Å². The van der Waals surface area contributed by atoms with E-state index >= 15 is 0 Å². The smallest absolute Gasteiger partial charge is 0.226 e. The molecule has 0 spiro atoms. The van der Waals surface area contributed by atoms with E-state index in [0.29, 0.717) is 12.2 Å². The van der Waals surface area contributed by atoms with E-state index in [1.54, 1.807) is 18.9 Å². The summed E-state index contributed by atoms with van der Waals surface area (Å²) in [5, 5.41) is 7.47. The predicted molar refractivity (Wildman–Crippen MR) is 98.2 cm³/mol. The Bertz CT molecular complexity index is 950. The standard InChI is InChI=1S/C20H19N3O3/c1-25-14-8-9-18(26-2)16(10-14)15-11-19(24)22-20-17(15)12-21-23(20)13-6-4-3-5-7-13/h3-10,12,15H,11H2,1-2H3,(H,22,24)/t15-/m0/s1. The lowest BCUT2D eigenvalue weighted by Gasteiger charge is -2.25. The third kappa shape index (κ3) is 2.69. The molecule has 1 aromatic heterocycles. The van der Waals surface area contributed by atoms with Crippen LogP contribution >= 0.6 is 0 Å². The highest BCUT2D eigenvalue weighted by Gasteiger charge is 2.32. The molecule has 6 heteroatoms. The van der Waals surface area contributed by atoms with Gasteiger partial charge in [0.25, 0.3) is 0 Å². The lowest BCUT2D eigenvalue weighted by molar-refractivity contribution is -0.116. The molecule has 0 unspecified atom stereocenters. The van der Waals surface area contributed by atoms with Gasteiger partial charge in [0.1, 0.15) is 17.3 Å². The van der Waals surface area contributed by atoms with Gasteiger partial charge in [0.2, 0.25) is 5.91 Å². The molecule has 2 aromatic carbocycles. The molecule has 132 valence electrons. The average Bonchev–Trinajstić information content (AvgIpc) is 3.11. The summed E-state index contributed by atoms with van der Waals surface area (Å²) >= 11 is 0. The number of anilines is 1. The van der Waals surface area contributed by atoms with Gasteiger partial charge in [-0.2, -0.15) is 5.10 Å². The molecule has 0 saturated carbocycles. The molecule has 0 bridgehead atoms. The van der Waals surface area contributed by atoms with Crippen molar-refractivity contribution in [2.45, 2.75) is 12.3 Å². The van der Waals surface area contributed by atoms with Gasteiger partial charge in [-0.1, -0.05) is 18.2 Å². The molecule has 0 fully saturated rings. The van der Waals surface area contributed by atoms with Crippen molar-refractivity contribution in [3.8, 4) is 17.2 Å². The number of carbonyl (C=O) groups excluding carboxylic acids is 1. The molecule has 1 atom stereocenters. The van der Waals surface area contributed by atoms with E-state index in [1.165, 1.54) is 0 Å². The highest BCUT2D eigenvalue weighted by molar-refractivity contribution is 5.94. The second kappa shape index (κ2) is 6.55. The van der Waals surface area contributed by atoms with E-state index in [9.17, 15) is 4.79 Å². The number of nitrogens with one attached hydrogen (secondary N) is 1. The van der Waals surface area contributed by atoms with E-state index in [1.807, 2.05) is 54.7 Å². The lowest BCUT2D eigenvalue weighted by Crippen LogP contribution is -2.24. The minimum atomic E-state index is -0.152. The molecular formula is C20H19N3O3. The summed E-state index contributed by atoms with van der Waals surface area (Å²) < 4.78 is 12.6. The van der Waals surface area contributed by atoms with Crippen LogP contribution in [0, 0.1) is 0 Å². The fraction of sp³-hybridized carbons (Fsp3) is 0.200. The normalized spacial score (nSPS) is 15.9. The van der Waals surface area contributed by atoms with Crippen LogP contribution in [0.25, 0.3) is 5.69 Å². The SMILES string of the molecule is COc1ccc(OC)c([C@@H]2CC(=O)Nc3c2cnn3-c2ccccc2)c1. The van der Waals surface area contributed by atoms with Gasteiger partial charge in [0.05, 0.1) is 26.1 Å². The molecule has 3 aromatic rings. The molecule has 6 nitrogen and oxygen atoms in total. The van der Waals surface area contributed by atoms with Crippen molar-refractivity contribution < 1.29 is 14.3 Å². The Labute approximate surface area is 151 Å². The Balaban J connectivity index is 1.85. The van der Waals surface area contributed by atoms with Gasteiger partial charge in [0, 0.05) is 23.5 Å². The van der Waals surface area contributed by atoms with E-state index in [-0.39, 0.29) is 11.8 Å². The highest BCUT2D eigenvalue weighted by atomic mass is 16.5. The molecule has 4 rings (SSSR count). The minimum absolute atomic E-state index is 0.0509. The van der Waals surface area contributed by atoms with Gasteiger partial charge in [0.15, 0.2) is 0 Å². The zero-order valence-electron chi connectivity index (χ0n) is 14.6. The Hall–Kier alpha value is -3.28. The second-order valence-corrected chi connectivity index (χ2v) is 6.11. The Morgan fingerprint density at radius 2 is 1.88 bits per heavy atom. The van der Waals surface area contributed by atoms with Crippen LogP contribution in [0.4, 0.5) is 5.82 Å². The zero-order chi connectivity index (χ0) is 18.1. The quantitative estimate of drug-likeness (QED) is 0.784. The number of hydrogen-bond acceptors (Lipinski definition) is 4. The first kappa shape index (κ1) is 16.2. The summed E-state index contributed by atoms with van der Waals surface area (Å²) in [5.41, 5.74) is 2.77. The molecule has 26 heavy (non-hydrogen) atoms. The third-order valence-electron chi connectivity index (χ3n) is 4.63. The minimum Gasteiger partial charge on any atom is -0.497 e. The number of hydrogen-bond donors (Lipinski definition) is 1. The van der Waals surface area contributed by atoms with E-state index < -0.39 is 0 Å². The molecule has 2 heterocycles. The van der Waals surface area contributed by atoms with Crippen molar-refractivity contribution in [1.29, 1.82) is 0 Å². The third-order valence-corrected chi connectivity index (χ3v) is 4.63. The van der Waals surface area contributed by atoms with Gasteiger partial charge in [-0.05, 0) is 30.3 Å². The number of carbonyl (C=O) groups is 1. The van der Waals surface area contributed by atoms with Gasteiger partial charge >= 0.3 is 0 Å². The summed E-state index contributed by atoms with van der Waals surface area (Å²) in [6.07, 6.45) is 2.14. The Kier molecular flexibility index (Phi) is 4.08. The number of rotatable bonds is 4. The van der Waals surface area contributed by atoms with Gasteiger partial charge in [-0.3, -0.25) is 4.79 Å². The highest BCUT2D eigenvalue weighted by Crippen LogP contribution is 2.42. The van der Waals surface area contributed by atoms with Crippen molar-refractivity contribution >= 4 is 11.7 Å². The summed E-state index contributed by atoms with van der Waals surface area (Å²) in [7, 11) is 3.25. The zero-order valence-corrected chi connectivity index (χ0v) is 14.6. The van der Waals surface area contributed by atoms with Crippen LogP contribution in [0.2, 0.25) is 0 Å². The van der Waals surface area contributed by atoms with Crippen molar-refractivity contribution in [1.82, 2.24) is 9.78 Å². The lowest BCUT2D eigenvalue weighted by atomic mass is 9.86. The molecule has 1 amide bonds. The molecule has 1 aliphatic heterocycles. The topological polar surface area (TPSA) is 65.4 Å². The first-order valence-corrected chi connectivity index (χ1v) is 8.36. The molecule has 0 radical (unpaired) electrons. The number of fused-ring (bicyclic) bond motifs is 1. The van der Waals surface area contributed by atoms with Gasteiger partial charge in [-0.25, -0.2) is 4.68 Å². The van der Waals surface area contributed by atoms with Crippen LogP contribution in [0.3, 0.4) is 0 Å². The maximum atomic E-state index is 12.4. The molecule has 0 aliphatic carbocycles. The molecule has 0 saturated heterocycles. The van der Waals surface area contributed by atoms with Crippen LogP contribution in [0.5, 0.6) is 11.5 Å². The van der Waals surface area contributed by atoms with E-state index in [4.69, 9.17) is 9.47 Å². The van der Waals surface area contributed by atoms with Gasteiger partial charge < -0.3 is 14.8 Å². The largest absolute Gasteiger partial charge is 0.497 e. The van der Waals surface area contributed by atoms with Crippen LogP contribution in [-0.2, 0) is 4.79 Å². The van der Waals surface area contributed by atoms with Crippen molar-refractivity contribution in [2.24, 2.45) is 0 Å². The number of aromatic nitrogens is 2. The number of methoxy groups -OCH3 is 2. The first-order valence-electron chi connectivity index (χ1n) is 8.36. The van der Waals surface area contributed by atoms with Gasteiger partial charge in [-0.15, -0.1) is 0 Å². The fourth-order valence-electron chi connectivity index (χ4n) is 3.37. The molecular weight excluding hydrogens is 330 g/mol. The van der Waals surface area contributed by atoms with Crippen molar-refractivity contribution in [3.05, 3.63) is 65.9 Å². The Morgan fingerprint density at radius 3 is 2.62 bits per heavy atom. The second-order valence-electron chi connectivity index (χ2n) is 6.11. The monoisotopic (exact) mass is 349 g/mol. The predicted octanol–water partition coefficient (Wildman–Crippen LogP) is 3.36. The number of nitrogens with zero attached hydrogens (tertiary/aromatic N) is 2. The summed E-state index contributed by atoms with van der Waals surface area (Å²) in [6.45, 7) is 0. The summed E-state index contributed by atoms with van der Waals surface area (Å²) in [4.78, 5) is 12.4. The van der Waals surface area contributed by atoms with Crippen molar-refractivity contribution in [2.75, 3.05) is 19.5 Å². The first-order chi connectivity index (χ1) is 12.7. The Morgan fingerprint density at radius 1 is 1.08 bits per heavy atom. The van der Waals surface area contributed by atoms with Crippen molar-refractivity contribution in [3.63, 3.8) is 0 Å². The van der Waals surface area contributed by atoms with Crippen LogP contribution in [0.1, 0.15) is 23.5 Å². The summed E-state index contributed by atoms with van der Waals surface area (Å²) in [5.74, 6) is 1.95. The molecule has 1 aliphatic rings. The maximum absolute atomic E-state index is 12.4.